The van der Waals surface area contributed by atoms with Crippen molar-refractivity contribution in [1.29, 1.82) is 0 Å². The number of carbonyl (C=O) groups is 2. The highest BCUT2D eigenvalue weighted by molar-refractivity contribution is 5.96. The van der Waals surface area contributed by atoms with Gasteiger partial charge in [0.15, 0.2) is 0 Å². The summed E-state index contributed by atoms with van der Waals surface area (Å²) in [5.41, 5.74) is 2.15. The number of carbonyl (C=O) groups excluding carboxylic acids is 2. The standard InChI is InChI=1S/C26H32N4O3/c1-16-22(7-4-8-23(16)33-2)26(32)29-19-13-20-10-11-21(14-19)30(20)24-12-9-17(15-27-24)25(31)28-18-5-3-6-18/h4,7-9,12,15,18-21H,3,5-6,10-11,13-14H2,1-2H3,(H,28,31)(H,29,32). The average molecular weight is 449 g/mol. The summed E-state index contributed by atoms with van der Waals surface area (Å²) in [6, 6.07) is 10.6. The zero-order valence-electron chi connectivity index (χ0n) is 19.3. The Balaban J connectivity index is 1.22. The molecule has 2 amide bonds. The molecule has 2 bridgehead atoms. The fourth-order valence-corrected chi connectivity index (χ4v) is 5.51. The van der Waals surface area contributed by atoms with E-state index in [-0.39, 0.29) is 17.9 Å². The van der Waals surface area contributed by atoms with Crippen LogP contribution in [-0.2, 0) is 0 Å². The SMILES string of the molecule is COc1cccc(C(=O)NC2CC3CCC(C2)N3c2ccc(C(=O)NC3CCC3)cn2)c1C. The lowest BCUT2D eigenvalue weighted by Gasteiger charge is -2.40. The largest absolute Gasteiger partial charge is 0.496 e. The van der Waals surface area contributed by atoms with Gasteiger partial charge in [-0.1, -0.05) is 6.07 Å². The van der Waals surface area contributed by atoms with E-state index < -0.39 is 0 Å². The average Bonchev–Trinajstić information content (AvgIpc) is 3.06. The van der Waals surface area contributed by atoms with Crippen molar-refractivity contribution in [3.8, 4) is 5.75 Å². The van der Waals surface area contributed by atoms with Gasteiger partial charge in [-0.2, -0.15) is 0 Å². The van der Waals surface area contributed by atoms with Gasteiger partial charge in [-0.05, 0) is 76.1 Å². The van der Waals surface area contributed by atoms with Gasteiger partial charge in [0.05, 0.1) is 12.7 Å². The monoisotopic (exact) mass is 448 g/mol. The molecule has 2 aromatic rings. The van der Waals surface area contributed by atoms with Crippen molar-refractivity contribution >= 4 is 17.6 Å². The van der Waals surface area contributed by atoms with E-state index in [4.69, 9.17) is 4.74 Å². The van der Waals surface area contributed by atoms with E-state index in [1.165, 1.54) is 6.42 Å². The Morgan fingerprint density at radius 3 is 2.30 bits per heavy atom. The first-order chi connectivity index (χ1) is 16.0. The van der Waals surface area contributed by atoms with Gasteiger partial charge in [-0.15, -0.1) is 0 Å². The van der Waals surface area contributed by atoms with Crippen LogP contribution in [0.4, 0.5) is 5.82 Å². The number of rotatable bonds is 6. The Kier molecular flexibility index (Phi) is 5.96. The number of nitrogens with one attached hydrogen (secondary N) is 2. The van der Waals surface area contributed by atoms with Gasteiger partial charge in [-0.3, -0.25) is 9.59 Å². The maximum atomic E-state index is 13.0. The molecule has 3 fully saturated rings. The van der Waals surface area contributed by atoms with Crippen molar-refractivity contribution in [3.63, 3.8) is 0 Å². The van der Waals surface area contributed by atoms with Gasteiger partial charge in [0.25, 0.3) is 11.8 Å². The quantitative estimate of drug-likeness (QED) is 0.705. The molecule has 0 spiro atoms. The molecule has 2 atom stereocenters. The fourth-order valence-electron chi connectivity index (χ4n) is 5.51. The summed E-state index contributed by atoms with van der Waals surface area (Å²) >= 11 is 0. The van der Waals surface area contributed by atoms with E-state index in [0.717, 1.165) is 55.7 Å². The zero-order valence-corrected chi connectivity index (χ0v) is 19.3. The van der Waals surface area contributed by atoms with Crippen LogP contribution in [0.25, 0.3) is 0 Å². The van der Waals surface area contributed by atoms with Crippen LogP contribution in [0.3, 0.4) is 0 Å². The Hall–Kier alpha value is -3.09. The Morgan fingerprint density at radius 2 is 1.70 bits per heavy atom. The maximum absolute atomic E-state index is 13.0. The van der Waals surface area contributed by atoms with Crippen LogP contribution in [0.2, 0.25) is 0 Å². The maximum Gasteiger partial charge on any atom is 0.253 e. The molecule has 3 aliphatic rings. The molecule has 3 heterocycles. The number of ether oxygens (including phenoxy) is 1. The molecule has 5 rings (SSSR count). The number of nitrogens with zero attached hydrogens (tertiary/aromatic N) is 2. The lowest BCUT2D eigenvalue weighted by molar-refractivity contribution is 0.0912. The molecular formula is C26H32N4O3. The number of hydrogen-bond acceptors (Lipinski definition) is 5. The van der Waals surface area contributed by atoms with Gasteiger partial charge in [-0.25, -0.2) is 4.98 Å². The van der Waals surface area contributed by atoms with Crippen LogP contribution < -0.4 is 20.3 Å². The second-order valence-corrected chi connectivity index (χ2v) is 9.57. The predicted octanol–water partition coefficient (Wildman–Crippen LogP) is 3.61. The molecule has 2 saturated heterocycles. The van der Waals surface area contributed by atoms with Gasteiger partial charge in [0, 0.05) is 41.5 Å². The van der Waals surface area contributed by atoms with Crippen molar-refractivity contribution in [2.45, 2.75) is 76.0 Å². The molecule has 0 radical (unpaired) electrons. The molecule has 174 valence electrons. The first-order valence-electron chi connectivity index (χ1n) is 12.0. The summed E-state index contributed by atoms with van der Waals surface area (Å²) in [5.74, 6) is 1.59. The molecular weight excluding hydrogens is 416 g/mol. The van der Waals surface area contributed by atoms with Crippen LogP contribution in [0, 0.1) is 6.92 Å². The van der Waals surface area contributed by atoms with Gasteiger partial charge < -0.3 is 20.3 Å². The van der Waals surface area contributed by atoms with Crippen molar-refractivity contribution in [1.82, 2.24) is 15.6 Å². The molecule has 1 aliphatic carbocycles. The van der Waals surface area contributed by atoms with Crippen LogP contribution in [0.15, 0.2) is 36.5 Å². The van der Waals surface area contributed by atoms with E-state index >= 15 is 0 Å². The second-order valence-electron chi connectivity index (χ2n) is 9.57. The molecule has 33 heavy (non-hydrogen) atoms. The Bertz CT molecular complexity index is 1020. The number of fused-ring (bicyclic) bond motifs is 2. The summed E-state index contributed by atoms with van der Waals surface area (Å²) in [6.07, 6.45) is 9.03. The van der Waals surface area contributed by atoms with Crippen molar-refractivity contribution in [2.75, 3.05) is 12.0 Å². The smallest absolute Gasteiger partial charge is 0.253 e. The minimum absolute atomic E-state index is 0.0315. The van der Waals surface area contributed by atoms with E-state index in [9.17, 15) is 9.59 Å². The number of anilines is 1. The zero-order chi connectivity index (χ0) is 22.9. The molecule has 7 nitrogen and oxygen atoms in total. The summed E-state index contributed by atoms with van der Waals surface area (Å²) < 4.78 is 5.36. The highest BCUT2D eigenvalue weighted by Crippen LogP contribution is 2.38. The number of methoxy groups -OCH3 is 1. The van der Waals surface area contributed by atoms with Crippen LogP contribution in [0.5, 0.6) is 5.75 Å². The minimum atomic E-state index is -0.0378. The minimum Gasteiger partial charge on any atom is -0.496 e. The Labute approximate surface area is 194 Å². The summed E-state index contributed by atoms with van der Waals surface area (Å²) in [6.45, 7) is 1.92. The second kappa shape index (κ2) is 9.04. The van der Waals surface area contributed by atoms with Crippen LogP contribution >= 0.6 is 0 Å². The number of amides is 2. The third-order valence-electron chi connectivity index (χ3n) is 7.53. The van der Waals surface area contributed by atoms with E-state index in [1.54, 1.807) is 13.3 Å². The van der Waals surface area contributed by atoms with E-state index in [1.807, 2.05) is 37.3 Å². The number of benzene rings is 1. The fraction of sp³-hybridized carbons (Fsp3) is 0.500. The molecule has 2 unspecified atom stereocenters. The van der Waals surface area contributed by atoms with E-state index in [2.05, 4.69) is 20.5 Å². The summed E-state index contributed by atoms with van der Waals surface area (Å²) in [7, 11) is 1.62. The summed E-state index contributed by atoms with van der Waals surface area (Å²) in [4.78, 5) is 32.4. The highest BCUT2D eigenvalue weighted by atomic mass is 16.5. The van der Waals surface area contributed by atoms with E-state index in [0.29, 0.717) is 29.3 Å². The molecule has 1 saturated carbocycles. The first kappa shape index (κ1) is 21.7. The van der Waals surface area contributed by atoms with Crippen LogP contribution in [0.1, 0.15) is 71.2 Å². The van der Waals surface area contributed by atoms with Crippen LogP contribution in [-0.4, -0.2) is 48.1 Å². The number of aromatic nitrogens is 1. The molecule has 2 N–H and O–H groups in total. The molecule has 1 aromatic carbocycles. The first-order valence-corrected chi connectivity index (χ1v) is 12.0. The lowest BCUT2D eigenvalue weighted by atomic mass is 9.93. The molecule has 2 aliphatic heterocycles. The van der Waals surface area contributed by atoms with Gasteiger partial charge in [0.1, 0.15) is 11.6 Å². The van der Waals surface area contributed by atoms with Gasteiger partial charge in [0.2, 0.25) is 0 Å². The molecule has 7 heteroatoms. The third kappa shape index (κ3) is 4.28. The Morgan fingerprint density at radius 1 is 0.970 bits per heavy atom. The molecule has 1 aromatic heterocycles. The predicted molar refractivity (Wildman–Crippen MR) is 127 cm³/mol. The van der Waals surface area contributed by atoms with Crippen molar-refractivity contribution in [3.05, 3.63) is 53.2 Å². The summed E-state index contributed by atoms with van der Waals surface area (Å²) in [5, 5.41) is 6.33. The normalized spacial score (nSPS) is 24.2. The highest BCUT2D eigenvalue weighted by Gasteiger charge is 2.42. The topological polar surface area (TPSA) is 83.6 Å². The lowest BCUT2D eigenvalue weighted by Crippen LogP contribution is -2.50. The van der Waals surface area contributed by atoms with Crippen molar-refractivity contribution < 1.29 is 14.3 Å². The third-order valence-corrected chi connectivity index (χ3v) is 7.53. The number of pyridine rings is 1. The van der Waals surface area contributed by atoms with Crippen molar-refractivity contribution in [2.24, 2.45) is 0 Å². The number of piperidine rings is 1. The van der Waals surface area contributed by atoms with Gasteiger partial charge >= 0.3 is 0 Å². The number of hydrogen-bond donors (Lipinski definition) is 2.